The molecule has 4 amide bonds. The van der Waals surface area contributed by atoms with E-state index in [0.29, 0.717) is 19.0 Å². The molecule has 0 aromatic heterocycles. The molecule has 3 N–H and O–H groups in total. The minimum Gasteiger partial charge on any atom is -0.378 e. The highest BCUT2D eigenvalue weighted by molar-refractivity contribution is 5.89. The fraction of sp³-hybridized carbons (Fsp3) is 0.680. The fourth-order valence-electron chi connectivity index (χ4n) is 7.01. The summed E-state index contributed by atoms with van der Waals surface area (Å²) in [5.74, 6) is 2.77. The van der Waals surface area contributed by atoms with Gasteiger partial charge in [-0.1, -0.05) is 0 Å². The second-order valence-electron chi connectivity index (χ2n) is 11.0. The Kier molecular flexibility index (Phi) is 5.68. The third kappa shape index (κ3) is 4.52. The Morgan fingerprint density at radius 2 is 1.66 bits per heavy atom. The molecule has 0 radical (unpaired) electrons. The van der Waals surface area contributed by atoms with Gasteiger partial charge in [-0.2, -0.15) is 0 Å². The zero-order valence-corrected chi connectivity index (χ0v) is 19.4. The Bertz CT molecular complexity index is 817. The number of carbonyl (C=O) groups is 2. The number of rotatable bonds is 5. The average Bonchev–Trinajstić information content (AvgIpc) is 3.20. The molecule has 6 rings (SSSR count). The number of benzene rings is 1. The van der Waals surface area contributed by atoms with E-state index < -0.39 is 0 Å². The lowest BCUT2D eigenvalue weighted by atomic mass is 9.53. The molecule has 1 aliphatic heterocycles. The summed E-state index contributed by atoms with van der Waals surface area (Å²) in [6, 6.07) is 7.76. The molecule has 4 aliphatic carbocycles. The zero-order valence-electron chi connectivity index (χ0n) is 19.4. The molecule has 5 fully saturated rings. The molecule has 32 heavy (non-hydrogen) atoms. The maximum absolute atomic E-state index is 12.7. The van der Waals surface area contributed by atoms with Gasteiger partial charge in [0.25, 0.3) is 0 Å². The second kappa shape index (κ2) is 8.49. The van der Waals surface area contributed by atoms with Crippen molar-refractivity contribution in [1.82, 2.24) is 15.5 Å². The molecule has 1 saturated heterocycles. The van der Waals surface area contributed by atoms with E-state index >= 15 is 0 Å². The van der Waals surface area contributed by atoms with Crippen LogP contribution in [0, 0.1) is 23.7 Å². The number of hydrogen-bond acceptors (Lipinski definition) is 3. The summed E-state index contributed by atoms with van der Waals surface area (Å²) in [7, 11) is 3.99. The molecule has 174 valence electrons. The number of carbonyl (C=O) groups excluding carboxylic acids is 2. The van der Waals surface area contributed by atoms with Crippen molar-refractivity contribution in [2.24, 2.45) is 23.7 Å². The van der Waals surface area contributed by atoms with Gasteiger partial charge in [-0.05, 0) is 92.9 Å². The number of nitrogens with one attached hydrogen (secondary N) is 3. The van der Waals surface area contributed by atoms with E-state index in [0.717, 1.165) is 42.1 Å². The fourth-order valence-corrected chi connectivity index (χ4v) is 7.01. The minimum absolute atomic E-state index is 0.0177. The lowest BCUT2D eigenvalue weighted by molar-refractivity contribution is -0.0135. The van der Waals surface area contributed by atoms with Crippen LogP contribution >= 0.6 is 0 Å². The van der Waals surface area contributed by atoms with E-state index in [4.69, 9.17) is 0 Å². The number of urea groups is 2. The van der Waals surface area contributed by atoms with Crippen LogP contribution in [0.5, 0.6) is 0 Å². The van der Waals surface area contributed by atoms with Gasteiger partial charge in [-0.15, -0.1) is 0 Å². The molecule has 4 bridgehead atoms. The summed E-state index contributed by atoms with van der Waals surface area (Å²) < 4.78 is 0. The largest absolute Gasteiger partial charge is 0.378 e. The van der Waals surface area contributed by atoms with Crippen LogP contribution in [0.3, 0.4) is 0 Å². The van der Waals surface area contributed by atoms with Crippen LogP contribution in [0.2, 0.25) is 0 Å². The second-order valence-corrected chi connectivity index (χ2v) is 11.0. The van der Waals surface area contributed by atoms with Gasteiger partial charge < -0.3 is 25.8 Å². The third-order valence-electron chi connectivity index (χ3n) is 8.18. The van der Waals surface area contributed by atoms with Crippen LogP contribution in [-0.2, 0) is 0 Å². The SMILES string of the molecule is CN(C)c1ccc(NC(=O)N2CCC(CNC(=O)NC34CC5CC(CC(C5)C3)C4)C2)cc1. The van der Waals surface area contributed by atoms with E-state index in [9.17, 15) is 9.59 Å². The van der Waals surface area contributed by atoms with Gasteiger partial charge in [0.1, 0.15) is 0 Å². The van der Waals surface area contributed by atoms with Crippen LogP contribution < -0.4 is 20.9 Å². The van der Waals surface area contributed by atoms with Crippen molar-refractivity contribution in [3.63, 3.8) is 0 Å². The molecule has 7 nitrogen and oxygen atoms in total. The van der Waals surface area contributed by atoms with Gasteiger partial charge in [0.05, 0.1) is 0 Å². The smallest absolute Gasteiger partial charge is 0.321 e. The molecule has 0 spiro atoms. The number of anilines is 2. The summed E-state index contributed by atoms with van der Waals surface area (Å²) in [5, 5.41) is 9.48. The zero-order chi connectivity index (χ0) is 22.3. The Balaban J connectivity index is 1.06. The van der Waals surface area contributed by atoms with Gasteiger partial charge in [0.2, 0.25) is 0 Å². The molecule has 1 aromatic carbocycles. The molecular weight excluding hydrogens is 402 g/mol. The van der Waals surface area contributed by atoms with Crippen LogP contribution in [0.25, 0.3) is 0 Å². The van der Waals surface area contributed by atoms with Crippen molar-refractivity contribution >= 4 is 23.4 Å². The number of amides is 4. The first kappa shape index (κ1) is 21.4. The maximum Gasteiger partial charge on any atom is 0.321 e. The minimum atomic E-state index is -0.0666. The Hall–Kier alpha value is -2.44. The predicted octanol–water partition coefficient (Wildman–Crippen LogP) is 3.87. The summed E-state index contributed by atoms with van der Waals surface area (Å²) in [5.41, 5.74) is 1.95. The molecule has 1 unspecified atom stereocenters. The molecule has 1 atom stereocenters. The van der Waals surface area contributed by atoms with Crippen LogP contribution in [0.15, 0.2) is 24.3 Å². The number of hydrogen-bond donors (Lipinski definition) is 3. The third-order valence-corrected chi connectivity index (χ3v) is 8.18. The van der Waals surface area contributed by atoms with Crippen molar-refractivity contribution in [1.29, 1.82) is 0 Å². The average molecular weight is 440 g/mol. The van der Waals surface area contributed by atoms with Crippen molar-refractivity contribution in [2.75, 3.05) is 43.9 Å². The normalized spacial score (nSPS) is 32.6. The first-order chi connectivity index (χ1) is 15.4. The summed E-state index contributed by atoms with van der Waals surface area (Å²) in [4.78, 5) is 29.2. The Morgan fingerprint density at radius 1 is 1.03 bits per heavy atom. The van der Waals surface area contributed by atoms with Crippen LogP contribution in [0.1, 0.15) is 44.9 Å². The highest BCUT2D eigenvalue weighted by Gasteiger charge is 2.51. The Morgan fingerprint density at radius 3 is 2.25 bits per heavy atom. The van der Waals surface area contributed by atoms with E-state index in [1.807, 2.05) is 48.2 Å². The van der Waals surface area contributed by atoms with E-state index in [2.05, 4.69) is 16.0 Å². The first-order valence-electron chi connectivity index (χ1n) is 12.3. The van der Waals surface area contributed by atoms with E-state index in [1.54, 1.807) is 0 Å². The molecule has 7 heteroatoms. The highest BCUT2D eigenvalue weighted by atomic mass is 16.2. The van der Waals surface area contributed by atoms with Gasteiger partial charge in [-0.25, -0.2) is 9.59 Å². The van der Waals surface area contributed by atoms with Gasteiger partial charge in [0.15, 0.2) is 0 Å². The topological polar surface area (TPSA) is 76.7 Å². The molecule has 1 heterocycles. The quantitative estimate of drug-likeness (QED) is 0.652. The molecule has 1 aromatic rings. The van der Waals surface area contributed by atoms with Crippen molar-refractivity contribution < 1.29 is 9.59 Å². The maximum atomic E-state index is 12.7. The number of likely N-dealkylation sites (tertiary alicyclic amines) is 1. The van der Waals surface area contributed by atoms with Gasteiger partial charge in [-0.3, -0.25) is 0 Å². The lowest BCUT2D eigenvalue weighted by Gasteiger charge is -2.56. The monoisotopic (exact) mass is 439 g/mol. The van der Waals surface area contributed by atoms with Crippen LogP contribution in [0.4, 0.5) is 21.0 Å². The number of nitrogens with zero attached hydrogens (tertiary/aromatic N) is 2. The summed E-state index contributed by atoms with van der Waals surface area (Å²) in [6.45, 7) is 2.03. The molecule has 5 aliphatic rings. The van der Waals surface area contributed by atoms with E-state index in [1.165, 1.54) is 38.5 Å². The lowest BCUT2D eigenvalue weighted by Crippen LogP contribution is -2.61. The standard InChI is InChI=1S/C25H37N5O2/c1-29(2)22-5-3-21(4-6-22)27-24(32)30-8-7-17(16-30)15-26-23(31)28-25-12-18-9-19(13-25)11-20(10-18)14-25/h3-6,17-20H,7-16H2,1-2H3,(H,27,32)(H2,26,28,31). The van der Waals surface area contributed by atoms with E-state index in [-0.39, 0.29) is 17.6 Å². The summed E-state index contributed by atoms with van der Waals surface area (Å²) >= 11 is 0. The Labute approximate surface area is 191 Å². The summed E-state index contributed by atoms with van der Waals surface area (Å²) in [6.07, 6.45) is 8.55. The molecule has 4 saturated carbocycles. The molecular formula is C25H37N5O2. The van der Waals surface area contributed by atoms with Crippen molar-refractivity contribution in [3.05, 3.63) is 24.3 Å². The van der Waals surface area contributed by atoms with Gasteiger partial charge >= 0.3 is 12.1 Å². The van der Waals surface area contributed by atoms with Crippen molar-refractivity contribution in [3.8, 4) is 0 Å². The van der Waals surface area contributed by atoms with Crippen molar-refractivity contribution in [2.45, 2.75) is 50.5 Å². The van der Waals surface area contributed by atoms with Crippen LogP contribution in [-0.4, -0.2) is 56.2 Å². The highest BCUT2D eigenvalue weighted by Crippen LogP contribution is 2.55. The predicted molar refractivity (Wildman–Crippen MR) is 127 cm³/mol. The van der Waals surface area contributed by atoms with Gasteiger partial charge in [0, 0.05) is 50.6 Å². The first-order valence-corrected chi connectivity index (χ1v) is 12.3.